The van der Waals surface area contributed by atoms with Gasteiger partial charge in [-0.15, -0.1) is 0 Å². The van der Waals surface area contributed by atoms with E-state index in [2.05, 4.69) is 20.4 Å². The molecule has 2 N–H and O–H groups in total. The predicted molar refractivity (Wildman–Crippen MR) is 169 cm³/mol. The number of piperazine rings is 1. The zero-order chi connectivity index (χ0) is 36.2. The van der Waals surface area contributed by atoms with Crippen LogP contribution in [0.3, 0.4) is 0 Å². The van der Waals surface area contributed by atoms with Crippen LogP contribution in [0.5, 0.6) is 0 Å². The quantitative estimate of drug-likeness (QED) is 0.274. The van der Waals surface area contributed by atoms with Crippen LogP contribution in [-0.4, -0.2) is 81.5 Å². The number of amides is 3. The van der Waals surface area contributed by atoms with E-state index in [4.69, 9.17) is 23.2 Å². The summed E-state index contributed by atoms with van der Waals surface area (Å²) in [6.45, 7) is 1.39. The predicted octanol–water partition coefficient (Wildman–Crippen LogP) is 3.39. The van der Waals surface area contributed by atoms with Crippen molar-refractivity contribution in [1.82, 2.24) is 25.1 Å². The van der Waals surface area contributed by atoms with Crippen molar-refractivity contribution in [2.75, 3.05) is 24.5 Å². The Bertz CT molecular complexity index is 1950. The zero-order valence-corrected chi connectivity index (χ0v) is 27.5. The average Bonchev–Trinajstić information content (AvgIpc) is 3.65. The van der Waals surface area contributed by atoms with Gasteiger partial charge in [-0.25, -0.2) is 19.5 Å². The van der Waals surface area contributed by atoms with Crippen molar-refractivity contribution < 1.29 is 41.9 Å². The van der Waals surface area contributed by atoms with E-state index in [9.17, 15) is 42.4 Å². The first kappa shape index (κ1) is 34.9. The van der Waals surface area contributed by atoms with Crippen molar-refractivity contribution in [2.24, 2.45) is 0 Å². The van der Waals surface area contributed by atoms with E-state index < -0.39 is 53.0 Å². The molecule has 0 radical (unpaired) electrons. The Labute approximate surface area is 291 Å². The number of carbonyl (C=O) groups is 5. The van der Waals surface area contributed by atoms with Gasteiger partial charge in [-0.3, -0.25) is 19.0 Å². The second-order valence-electron chi connectivity index (χ2n) is 12.3. The van der Waals surface area contributed by atoms with Crippen LogP contribution in [0.2, 0.25) is 10.0 Å². The third kappa shape index (κ3) is 6.28. The summed E-state index contributed by atoms with van der Waals surface area (Å²) in [6.07, 6.45) is -3.85. The molecule has 6 rings (SSSR count). The monoisotopic (exact) mass is 731 g/mol. The van der Waals surface area contributed by atoms with E-state index in [1.807, 2.05) is 6.07 Å². The lowest BCUT2D eigenvalue weighted by Crippen LogP contribution is -2.62. The molecule has 13 nitrogen and oxygen atoms in total. The fourth-order valence-electron chi connectivity index (χ4n) is 6.17. The van der Waals surface area contributed by atoms with Gasteiger partial charge >= 0.3 is 18.1 Å². The molecule has 0 bridgehead atoms. The number of nitriles is 1. The van der Waals surface area contributed by atoms with Crippen LogP contribution in [0, 0.1) is 11.3 Å². The van der Waals surface area contributed by atoms with E-state index in [0.29, 0.717) is 11.1 Å². The Morgan fingerprint density at radius 1 is 1.12 bits per heavy atom. The fraction of sp³-hybridized carbons (Fsp3) is 0.344. The van der Waals surface area contributed by atoms with Crippen molar-refractivity contribution in [3.8, 4) is 6.07 Å². The molecule has 18 heteroatoms. The summed E-state index contributed by atoms with van der Waals surface area (Å²) >= 11 is 12.5. The molecule has 3 aromatic rings. The highest BCUT2D eigenvalue weighted by Crippen LogP contribution is 2.44. The Balaban J connectivity index is 1.32. The second kappa shape index (κ2) is 12.7. The third-order valence-electron chi connectivity index (χ3n) is 8.78. The molecular formula is C32H26Cl2F3N7O6. The fourth-order valence-corrected chi connectivity index (χ4v) is 6.69. The van der Waals surface area contributed by atoms with Crippen molar-refractivity contribution in [1.29, 1.82) is 5.26 Å². The van der Waals surface area contributed by atoms with Gasteiger partial charge in [0.15, 0.2) is 0 Å². The molecule has 3 aliphatic rings. The highest BCUT2D eigenvalue weighted by atomic mass is 35.5. The van der Waals surface area contributed by atoms with Crippen LogP contribution in [0.25, 0.3) is 0 Å². The van der Waals surface area contributed by atoms with E-state index in [0.717, 1.165) is 4.90 Å². The van der Waals surface area contributed by atoms with Crippen LogP contribution in [0.15, 0.2) is 48.7 Å². The lowest BCUT2D eigenvalue weighted by molar-refractivity contribution is -0.203. The number of ether oxygens (including phenoxy) is 1. The molecule has 2 atom stereocenters. The molecule has 1 aliphatic carbocycles. The number of esters is 2. The molecule has 50 heavy (non-hydrogen) atoms. The summed E-state index contributed by atoms with van der Waals surface area (Å²) in [7, 11) is 0. The maximum atomic E-state index is 14.3. The van der Waals surface area contributed by atoms with E-state index in [1.54, 1.807) is 31.2 Å². The molecule has 0 spiro atoms. The molecule has 2 fully saturated rings. The molecule has 2 aromatic carbocycles. The number of alkyl halides is 3. The number of aromatic nitrogens is 2. The van der Waals surface area contributed by atoms with Gasteiger partial charge in [0.1, 0.15) is 22.8 Å². The van der Waals surface area contributed by atoms with Gasteiger partial charge in [0, 0.05) is 36.1 Å². The summed E-state index contributed by atoms with van der Waals surface area (Å²) in [6, 6.07) is 11.5. The van der Waals surface area contributed by atoms with Crippen LogP contribution < -0.4 is 15.5 Å². The molecule has 260 valence electrons. The number of halogens is 5. The Kier molecular flexibility index (Phi) is 8.87. The number of fused-ring (bicyclic) bond motifs is 1. The number of nitrogens with one attached hydrogen (secondary N) is 2. The minimum absolute atomic E-state index is 0.0528. The van der Waals surface area contributed by atoms with E-state index in [1.165, 1.54) is 33.9 Å². The molecule has 3 heterocycles. The minimum Gasteiger partial charge on any atom is -0.385 e. The van der Waals surface area contributed by atoms with Gasteiger partial charge in [-0.05, 0) is 55.7 Å². The number of hydrogen-bond donors (Lipinski definition) is 2. The number of imidazole rings is 1. The maximum absolute atomic E-state index is 14.3. The number of nitrogens with zero attached hydrogens (tertiary/aromatic N) is 5. The lowest BCUT2D eigenvalue weighted by Gasteiger charge is -2.36. The first-order valence-electron chi connectivity index (χ1n) is 15.1. The molecule has 1 aromatic heterocycles. The summed E-state index contributed by atoms with van der Waals surface area (Å²) in [5.74, 6) is -6.24. The first-order chi connectivity index (χ1) is 23.6. The zero-order valence-electron chi connectivity index (χ0n) is 26.0. The van der Waals surface area contributed by atoms with Gasteiger partial charge < -0.3 is 20.3 Å². The number of hydrogen-bond acceptors (Lipinski definition) is 9. The van der Waals surface area contributed by atoms with Crippen molar-refractivity contribution >= 4 is 64.5 Å². The van der Waals surface area contributed by atoms with Gasteiger partial charge in [0.05, 0.1) is 23.5 Å². The highest BCUT2D eigenvalue weighted by Gasteiger charge is 2.57. The largest absolute Gasteiger partial charge is 0.491 e. The van der Waals surface area contributed by atoms with E-state index >= 15 is 0 Å². The number of benzene rings is 2. The van der Waals surface area contributed by atoms with Gasteiger partial charge in [-0.2, -0.15) is 18.4 Å². The molecule has 1 saturated heterocycles. The summed E-state index contributed by atoms with van der Waals surface area (Å²) in [4.78, 5) is 72.8. The Morgan fingerprint density at radius 2 is 1.78 bits per heavy atom. The summed E-state index contributed by atoms with van der Waals surface area (Å²) in [5.41, 5.74) is -1.75. The Morgan fingerprint density at radius 3 is 2.38 bits per heavy atom. The normalized spacial score (nSPS) is 20.9. The summed E-state index contributed by atoms with van der Waals surface area (Å²) in [5, 5.41) is 15.2. The molecule has 2 aliphatic heterocycles. The van der Waals surface area contributed by atoms with Crippen molar-refractivity contribution in [2.45, 2.75) is 49.5 Å². The number of carbonyl (C=O) groups excluding carboxylic acids is 5. The number of anilines is 2. The van der Waals surface area contributed by atoms with Crippen LogP contribution in [-0.2, 0) is 35.9 Å². The van der Waals surface area contributed by atoms with E-state index in [-0.39, 0.29) is 66.3 Å². The second-order valence-corrected chi connectivity index (χ2v) is 13.1. The average molecular weight is 733 g/mol. The molecular weight excluding hydrogens is 706 g/mol. The lowest BCUT2D eigenvalue weighted by atomic mass is 9.91. The van der Waals surface area contributed by atoms with Crippen LogP contribution in [0.4, 0.5) is 24.8 Å². The van der Waals surface area contributed by atoms with Crippen LogP contribution >= 0.6 is 23.2 Å². The van der Waals surface area contributed by atoms with Crippen LogP contribution in [0.1, 0.15) is 41.4 Å². The highest BCUT2D eigenvalue weighted by molar-refractivity contribution is 6.35. The summed E-state index contributed by atoms with van der Waals surface area (Å²) < 4.78 is 43.7. The first-order valence-corrected chi connectivity index (χ1v) is 15.9. The topological polar surface area (TPSA) is 167 Å². The third-order valence-corrected chi connectivity index (χ3v) is 9.22. The van der Waals surface area contributed by atoms with Gasteiger partial charge in [0.25, 0.3) is 11.8 Å². The van der Waals surface area contributed by atoms with Gasteiger partial charge in [-0.1, -0.05) is 35.3 Å². The minimum atomic E-state index is -5.42. The van der Waals surface area contributed by atoms with Gasteiger partial charge in [0.2, 0.25) is 11.9 Å². The smallest absolute Gasteiger partial charge is 0.385 e. The molecule has 1 saturated carbocycles. The number of rotatable bonds is 7. The Hall–Kier alpha value is -4.98. The molecule has 3 amide bonds. The molecule has 1 unspecified atom stereocenters. The van der Waals surface area contributed by atoms with Crippen molar-refractivity contribution in [3.63, 3.8) is 0 Å². The van der Waals surface area contributed by atoms with Crippen molar-refractivity contribution in [3.05, 3.63) is 75.5 Å². The standard InChI is InChI=1S/C32H26Cl2F3N7O6/c1-30(13-17-2-4-18(14-38)5-3-17)26(47)43(21-11-19(33)10-20(34)12-21)29-40-16-22(44(29)30)24(45)41-31(6-7-31)27(48)42-9-8-39-15-23(42)25(46)50-28(49)32(35,36)37/h2-5,10-12,16,23,39H,6-9,13,15H2,1H3,(H,41,45)/t23?,30-/m1/s1. The SMILES string of the molecule is C[C@@]1(Cc2ccc(C#N)cc2)C(=O)N(c2cc(Cl)cc(Cl)c2)c2ncc(C(=O)NC3(C(=O)N4CCNCC4C(=O)OC(=O)C(F)(F)F)CC3)n21. The maximum Gasteiger partial charge on any atom is 0.491 e.